The van der Waals surface area contributed by atoms with E-state index >= 15 is 0 Å². The fraction of sp³-hybridized carbons (Fsp3) is 0.316. The van der Waals surface area contributed by atoms with Crippen molar-refractivity contribution in [2.24, 2.45) is 0 Å². The Morgan fingerprint density at radius 1 is 1.24 bits per heavy atom. The summed E-state index contributed by atoms with van der Waals surface area (Å²) in [5, 5.41) is 16.7. The third-order valence-corrected chi connectivity index (χ3v) is 4.14. The van der Waals surface area contributed by atoms with E-state index in [4.69, 9.17) is 4.74 Å². The highest BCUT2D eigenvalue weighted by Crippen LogP contribution is 2.31. The SMILES string of the molecule is COCCNc1ccc(C(=O)NC(C)c2cccc(C(F)(F)F)c2)cc1[N+](=O)[O-]. The number of halogens is 3. The minimum absolute atomic E-state index is 0.0211. The quantitative estimate of drug-likeness (QED) is 0.386. The molecular weight excluding hydrogens is 391 g/mol. The molecule has 0 fully saturated rings. The van der Waals surface area contributed by atoms with Crippen LogP contribution in [0.1, 0.15) is 34.5 Å². The van der Waals surface area contributed by atoms with Crippen molar-refractivity contribution in [3.8, 4) is 0 Å². The van der Waals surface area contributed by atoms with Crippen LogP contribution < -0.4 is 10.6 Å². The van der Waals surface area contributed by atoms with Gasteiger partial charge < -0.3 is 15.4 Å². The van der Waals surface area contributed by atoms with Crippen molar-refractivity contribution in [1.82, 2.24) is 5.32 Å². The number of nitrogens with one attached hydrogen (secondary N) is 2. The minimum atomic E-state index is -4.49. The number of nitrogens with zero attached hydrogens (tertiary/aromatic N) is 1. The van der Waals surface area contributed by atoms with Crippen LogP contribution in [0.15, 0.2) is 42.5 Å². The number of methoxy groups -OCH3 is 1. The third kappa shape index (κ3) is 5.92. The molecule has 2 aromatic carbocycles. The fourth-order valence-corrected chi connectivity index (χ4v) is 2.61. The molecule has 0 saturated carbocycles. The normalized spacial score (nSPS) is 12.3. The van der Waals surface area contributed by atoms with E-state index in [-0.39, 0.29) is 22.5 Å². The summed E-state index contributed by atoms with van der Waals surface area (Å²) in [5.74, 6) is -0.638. The largest absolute Gasteiger partial charge is 0.416 e. The number of nitro benzene ring substituents is 1. The fourth-order valence-electron chi connectivity index (χ4n) is 2.61. The summed E-state index contributed by atoms with van der Waals surface area (Å²) < 4.78 is 43.5. The van der Waals surface area contributed by atoms with Gasteiger partial charge in [-0.1, -0.05) is 12.1 Å². The standard InChI is InChI=1S/C19H20F3N3O4/c1-12(13-4-3-5-15(10-13)19(20,21)22)24-18(26)14-6-7-16(23-8-9-29-2)17(11-14)25(27)28/h3-7,10-12,23H,8-9H2,1-2H3,(H,24,26). The predicted molar refractivity (Wildman–Crippen MR) is 101 cm³/mol. The van der Waals surface area contributed by atoms with Gasteiger partial charge in [0.05, 0.1) is 23.1 Å². The number of rotatable bonds is 8. The van der Waals surface area contributed by atoms with E-state index in [1.807, 2.05) is 0 Å². The van der Waals surface area contributed by atoms with Crippen LogP contribution in [0.25, 0.3) is 0 Å². The van der Waals surface area contributed by atoms with Gasteiger partial charge in [-0.05, 0) is 36.8 Å². The van der Waals surface area contributed by atoms with Crippen molar-refractivity contribution < 1.29 is 27.6 Å². The maximum atomic E-state index is 12.9. The number of amides is 1. The smallest absolute Gasteiger partial charge is 0.383 e. The van der Waals surface area contributed by atoms with Crippen molar-refractivity contribution in [1.29, 1.82) is 0 Å². The maximum absolute atomic E-state index is 12.9. The van der Waals surface area contributed by atoms with Crippen molar-refractivity contribution in [2.45, 2.75) is 19.1 Å². The molecule has 2 aromatic rings. The van der Waals surface area contributed by atoms with Gasteiger partial charge in [-0.2, -0.15) is 13.2 Å². The molecule has 1 atom stereocenters. The molecule has 0 aliphatic rings. The van der Waals surface area contributed by atoms with Crippen LogP contribution in [-0.2, 0) is 10.9 Å². The Balaban J connectivity index is 2.18. The van der Waals surface area contributed by atoms with Gasteiger partial charge in [0.25, 0.3) is 11.6 Å². The second-order valence-corrected chi connectivity index (χ2v) is 6.23. The monoisotopic (exact) mass is 411 g/mol. The molecule has 0 heterocycles. The first-order valence-corrected chi connectivity index (χ1v) is 8.62. The molecule has 0 aromatic heterocycles. The van der Waals surface area contributed by atoms with E-state index in [0.717, 1.165) is 18.2 Å². The Morgan fingerprint density at radius 2 is 1.97 bits per heavy atom. The van der Waals surface area contributed by atoms with E-state index in [1.165, 1.54) is 38.3 Å². The number of carbonyl (C=O) groups excluding carboxylic acids is 1. The number of alkyl halides is 3. The first-order chi connectivity index (χ1) is 13.6. The van der Waals surface area contributed by atoms with Crippen LogP contribution in [0.5, 0.6) is 0 Å². The number of nitro groups is 1. The summed E-state index contributed by atoms with van der Waals surface area (Å²) in [7, 11) is 1.50. The molecule has 0 radical (unpaired) electrons. The molecule has 0 aliphatic heterocycles. The lowest BCUT2D eigenvalue weighted by Gasteiger charge is -2.16. The Labute approximate surface area is 165 Å². The molecule has 0 spiro atoms. The number of hydrogen-bond donors (Lipinski definition) is 2. The number of benzene rings is 2. The van der Waals surface area contributed by atoms with Crippen LogP contribution in [0.2, 0.25) is 0 Å². The first-order valence-electron chi connectivity index (χ1n) is 8.62. The highest BCUT2D eigenvalue weighted by atomic mass is 19.4. The van der Waals surface area contributed by atoms with Crippen molar-refractivity contribution >= 4 is 17.3 Å². The van der Waals surface area contributed by atoms with Gasteiger partial charge in [-0.15, -0.1) is 0 Å². The average molecular weight is 411 g/mol. The molecule has 1 amide bonds. The van der Waals surface area contributed by atoms with Crippen LogP contribution in [0, 0.1) is 10.1 Å². The highest BCUT2D eigenvalue weighted by Gasteiger charge is 2.30. The van der Waals surface area contributed by atoms with Crippen molar-refractivity contribution in [3.63, 3.8) is 0 Å². The molecule has 1 unspecified atom stereocenters. The molecule has 0 saturated heterocycles. The van der Waals surface area contributed by atoms with E-state index in [0.29, 0.717) is 13.2 Å². The summed E-state index contributed by atoms with van der Waals surface area (Å²) in [6.07, 6.45) is -4.49. The third-order valence-electron chi connectivity index (χ3n) is 4.14. The highest BCUT2D eigenvalue weighted by molar-refractivity contribution is 5.96. The van der Waals surface area contributed by atoms with Gasteiger partial charge in [0, 0.05) is 25.3 Å². The topological polar surface area (TPSA) is 93.5 Å². The summed E-state index contributed by atoms with van der Waals surface area (Å²) >= 11 is 0. The molecule has 156 valence electrons. The van der Waals surface area contributed by atoms with E-state index in [1.54, 1.807) is 0 Å². The van der Waals surface area contributed by atoms with Gasteiger partial charge in [0.15, 0.2) is 0 Å². The Hall–Kier alpha value is -3.14. The summed E-state index contributed by atoms with van der Waals surface area (Å²) in [6.45, 7) is 2.21. The van der Waals surface area contributed by atoms with Crippen LogP contribution >= 0.6 is 0 Å². The number of carbonyl (C=O) groups is 1. The summed E-state index contributed by atoms with van der Waals surface area (Å²) in [4.78, 5) is 23.1. The molecule has 2 N–H and O–H groups in total. The summed E-state index contributed by atoms with van der Waals surface area (Å²) in [6, 6.07) is 7.80. The van der Waals surface area contributed by atoms with Gasteiger partial charge in [-0.3, -0.25) is 14.9 Å². The lowest BCUT2D eigenvalue weighted by molar-refractivity contribution is -0.384. The van der Waals surface area contributed by atoms with Crippen LogP contribution in [0.4, 0.5) is 24.5 Å². The average Bonchev–Trinajstić information content (AvgIpc) is 2.67. The van der Waals surface area contributed by atoms with E-state index in [9.17, 15) is 28.1 Å². The lowest BCUT2D eigenvalue weighted by atomic mass is 10.0. The molecule has 2 rings (SSSR count). The zero-order chi connectivity index (χ0) is 21.6. The molecule has 29 heavy (non-hydrogen) atoms. The molecule has 0 aliphatic carbocycles. The van der Waals surface area contributed by atoms with Crippen LogP contribution in [-0.4, -0.2) is 31.1 Å². The zero-order valence-corrected chi connectivity index (χ0v) is 15.7. The Kier molecular flexibility index (Phi) is 7.16. The Morgan fingerprint density at radius 3 is 2.59 bits per heavy atom. The predicted octanol–water partition coefficient (Wildman–Crippen LogP) is 4.16. The second-order valence-electron chi connectivity index (χ2n) is 6.23. The Bertz CT molecular complexity index is 887. The second kappa shape index (κ2) is 9.37. The first kappa shape index (κ1) is 22.2. The molecular formula is C19H20F3N3O4. The lowest BCUT2D eigenvalue weighted by Crippen LogP contribution is -2.27. The van der Waals surface area contributed by atoms with Gasteiger partial charge >= 0.3 is 6.18 Å². The number of anilines is 1. The number of hydrogen-bond acceptors (Lipinski definition) is 5. The molecule has 0 bridgehead atoms. The van der Waals surface area contributed by atoms with E-state index < -0.39 is 28.6 Å². The van der Waals surface area contributed by atoms with Crippen LogP contribution in [0.3, 0.4) is 0 Å². The van der Waals surface area contributed by atoms with Gasteiger partial charge in [0.2, 0.25) is 0 Å². The minimum Gasteiger partial charge on any atom is -0.383 e. The number of ether oxygens (including phenoxy) is 1. The summed E-state index contributed by atoms with van der Waals surface area (Å²) in [5.41, 5.74) is -0.596. The zero-order valence-electron chi connectivity index (χ0n) is 15.7. The van der Waals surface area contributed by atoms with Gasteiger partial charge in [-0.25, -0.2) is 0 Å². The van der Waals surface area contributed by atoms with Gasteiger partial charge in [0.1, 0.15) is 5.69 Å². The molecule has 10 heteroatoms. The maximum Gasteiger partial charge on any atom is 0.416 e. The molecule has 7 nitrogen and oxygen atoms in total. The van der Waals surface area contributed by atoms with E-state index in [2.05, 4.69) is 10.6 Å². The van der Waals surface area contributed by atoms with Crippen molar-refractivity contribution in [2.75, 3.05) is 25.6 Å². The van der Waals surface area contributed by atoms with Crippen molar-refractivity contribution in [3.05, 3.63) is 69.3 Å².